The van der Waals surface area contributed by atoms with Crippen LogP contribution in [0.5, 0.6) is 11.5 Å². The van der Waals surface area contributed by atoms with Crippen LogP contribution in [-0.4, -0.2) is 24.7 Å². The smallest absolute Gasteiger partial charge is 0.163 e. The van der Waals surface area contributed by atoms with E-state index in [1.165, 1.54) is 5.56 Å². The van der Waals surface area contributed by atoms with Gasteiger partial charge in [0.25, 0.3) is 0 Å². The summed E-state index contributed by atoms with van der Waals surface area (Å²) >= 11 is 0. The zero-order valence-electron chi connectivity index (χ0n) is 10.4. The van der Waals surface area contributed by atoms with E-state index in [2.05, 4.69) is 11.1 Å². The first-order chi connectivity index (χ1) is 8.78. The average molecular weight is 244 g/mol. The first-order valence-corrected chi connectivity index (χ1v) is 6.18. The van der Waals surface area contributed by atoms with Gasteiger partial charge in [0, 0.05) is 17.1 Å². The fourth-order valence-corrected chi connectivity index (χ4v) is 2.26. The van der Waals surface area contributed by atoms with Gasteiger partial charge in [0.2, 0.25) is 0 Å². The lowest BCUT2D eigenvalue weighted by molar-refractivity contribution is 0.172. The van der Waals surface area contributed by atoms with Gasteiger partial charge in [-0.15, -0.1) is 0 Å². The molecule has 4 nitrogen and oxygen atoms in total. The van der Waals surface area contributed by atoms with Gasteiger partial charge in [-0.2, -0.15) is 0 Å². The van der Waals surface area contributed by atoms with Crippen LogP contribution in [0.25, 0.3) is 10.9 Å². The van der Waals surface area contributed by atoms with E-state index < -0.39 is 0 Å². The molecule has 0 atom stereocenters. The highest BCUT2D eigenvalue weighted by atomic mass is 16.6. The molecular weight excluding hydrogens is 228 g/mol. The number of hydrogen-bond acceptors (Lipinski definition) is 4. The molecule has 1 aliphatic heterocycles. The minimum absolute atomic E-state index is 0.600. The van der Waals surface area contributed by atoms with Crippen LogP contribution in [0.3, 0.4) is 0 Å². The predicted octanol–water partition coefficient (Wildman–Crippen LogP) is 1.82. The van der Waals surface area contributed by atoms with Crippen molar-refractivity contribution in [3.05, 3.63) is 29.5 Å². The molecule has 2 N–H and O–H groups in total. The molecule has 0 aliphatic carbocycles. The van der Waals surface area contributed by atoms with Crippen LogP contribution < -0.4 is 15.2 Å². The van der Waals surface area contributed by atoms with Gasteiger partial charge in [-0.05, 0) is 37.6 Å². The highest BCUT2D eigenvalue weighted by Crippen LogP contribution is 2.34. The van der Waals surface area contributed by atoms with Crippen molar-refractivity contribution in [2.75, 3.05) is 19.8 Å². The van der Waals surface area contributed by atoms with Crippen molar-refractivity contribution in [1.29, 1.82) is 0 Å². The first-order valence-electron chi connectivity index (χ1n) is 6.18. The molecule has 1 aromatic carbocycles. The highest BCUT2D eigenvalue weighted by Gasteiger charge is 2.14. The monoisotopic (exact) mass is 244 g/mol. The molecule has 1 aliphatic rings. The van der Waals surface area contributed by atoms with Gasteiger partial charge in [-0.1, -0.05) is 0 Å². The number of nitrogens with zero attached hydrogens (tertiary/aromatic N) is 1. The number of fused-ring (bicyclic) bond motifs is 2. The summed E-state index contributed by atoms with van der Waals surface area (Å²) in [4.78, 5) is 4.61. The molecule has 3 rings (SSSR count). The second kappa shape index (κ2) is 4.46. The third kappa shape index (κ3) is 1.88. The van der Waals surface area contributed by atoms with Gasteiger partial charge in [0.15, 0.2) is 11.5 Å². The summed E-state index contributed by atoms with van der Waals surface area (Å²) in [5.41, 5.74) is 8.78. The number of benzene rings is 1. The van der Waals surface area contributed by atoms with E-state index in [1.807, 2.05) is 19.1 Å². The van der Waals surface area contributed by atoms with Gasteiger partial charge in [0.05, 0.1) is 5.52 Å². The number of aromatic nitrogens is 1. The molecule has 0 unspecified atom stereocenters. The van der Waals surface area contributed by atoms with Gasteiger partial charge in [0.1, 0.15) is 13.2 Å². The molecule has 2 heterocycles. The quantitative estimate of drug-likeness (QED) is 0.875. The van der Waals surface area contributed by atoms with E-state index in [4.69, 9.17) is 15.2 Å². The molecule has 4 heteroatoms. The maximum Gasteiger partial charge on any atom is 0.163 e. The molecule has 0 saturated heterocycles. The first kappa shape index (κ1) is 11.3. The molecule has 2 aromatic rings. The Labute approximate surface area is 106 Å². The standard InChI is InChI=1S/C14H16N2O2/c1-9-10(2-3-15)6-11-7-13-14(8-12(11)16-9)18-5-4-17-13/h6-8H,2-5,15H2,1H3. The van der Waals surface area contributed by atoms with Crippen molar-refractivity contribution < 1.29 is 9.47 Å². The summed E-state index contributed by atoms with van der Waals surface area (Å²) < 4.78 is 11.1. The van der Waals surface area contributed by atoms with Gasteiger partial charge < -0.3 is 15.2 Å². The summed E-state index contributed by atoms with van der Waals surface area (Å²) in [7, 11) is 0. The Hall–Kier alpha value is -1.81. The fraction of sp³-hybridized carbons (Fsp3) is 0.357. The SMILES string of the molecule is Cc1nc2cc3c(cc2cc1CCN)OCCO3. The summed E-state index contributed by atoms with van der Waals surface area (Å²) in [6, 6.07) is 6.09. The van der Waals surface area contributed by atoms with Crippen molar-refractivity contribution in [2.45, 2.75) is 13.3 Å². The Morgan fingerprint density at radius 3 is 2.61 bits per heavy atom. The summed E-state index contributed by atoms with van der Waals surface area (Å²) in [5.74, 6) is 1.59. The van der Waals surface area contributed by atoms with Crippen LogP contribution in [0.15, 0.2) is 18.2 Å². The molecule has 94 valence electrons. The zero-order valence-corrected chi connectivity index (χ0v) is 10.4. The van der Waals surface area contributed by atoms with Crippen molar-refractivity contribution in [2.24, 2.45) is 5.73 Å². The fourth-order valence-electron chi connectivity index (χ4n) is 2.26. The van der Waals surface area contributed by atoms with E-state index in [1.54, 1.807) is 0 Å². The second-order valence-electron chi connectivity index (χ2n) is 4.46. The summed E-state index contributed by atoms with van der Waals surface area (Å²) in [6.45, 7) is 3.86. The molecule has 0 radical (unpaired) electrons. The highest BCUT2D eigenvalue weighted by molar-refractivity contribution is 5.83. The Morgan fingerprint density at radius 2 is 1.89 bits per heavy atom. The van der Waals surface area contributed by atoms with Crippen molar-refractivity contribution in [3.8, 4) is 11.5 Å². The second-order valence-corrected chi connectivity index (χ2v) is 4.46. The number of nitrogens with two attached hydrogens (primary N) is 1. The molecule has 0 saturated carbocycles. The van der Waals surface area contributed by atoms with Gasteiger partial charge in [-0.3, -0.25) is 4.98 Å². The average Bonchev–Trinajstić information content (AvgIpc) is 2.38. The van der Waals surface area contributed by atoms with Gasteiger partial charge in [-0.25, -0.2) is 0 Å². The van der Waals surface area contributed by atoms with E-state index in [-0.39, 0.29) is 0 Å². The van der Waals surface area contributed by atoms with Crippen LogP contribution in [0.4, 0.5) is 0 Å². The van der Waals surface area contributed by atoms with Gasteiger partial charge >= 0.3 is 0 Å². The molecule has 18 heavy (non-hydrogen) atoms. The van der Waals surface area contributed by atoms with Crippen LogP contribution in [0.2, 0.25) is 0 Å². The molecular formula is C14H16N2O2. The largest absolute Gasteiger partial charge is 0.486 e. The van der Waals surface area contributed by atoms with E-state index in [0.717, 1.165) is 34.5 Å². The Balaban J connectivity index is 2.15. The molecule has 1 aromatic heterocycles. The number of pyridine rings is 1. The van der Waals surface area contributed by atoms with Crippen molar-refractivity contribution >= 4 is 10.9 Å². The molecule has 0 fully saturated rings. The lowest BCUT2D eigenvalue weighted by atomic mass is 10.1. The number of ether oxygens (including phenoxy) is 2. The van der Waals surface area contributed by atoms with E-state index in [0.29, 0.717) is 19.8 Å². The minimum atomic E-state index is 0.600. The maximum absolute atomic E-state index is 5.61. The van der Waals surface area contributed by atoms with Crippen LogP contribution in [0.1, 0.15) is 11.3 Å². The Kier molecular flexibility index (Phi) is 2.80. The lowest BCUT2D eigenvalue weighted by Gasteiger charge is -2.19. The Morgan fingerprint density at radius 1 is 1.17 bits per heavy atom. The number of rotatable bonds is 2. The maximum atomic E-state index is 5.61. The molecule has 0 amide bonds. The number of aryl methyl sites for hydroxylation is 1. The predicted molar refractivity (Wildman–Crippen MR) is 70.2 cm³/mol. The Bertz CT molecular complexity index is 596. The molecule has 0 spiro atoms. The minimum Gasteiger partial charge on any atom is -0.486 e. The summed E-state index contributed by atoms with van der Waals surface area (Å²) in [5, 5.41) is 1.08. The van der Waals surface area contributed by atoms with Crippen LogP contribution >= 0.6 is 0 Å². The third-order valence-corrected chi connectivity index (χ3v) is 3.19. The topological polar surface area (TPSA) is 57.4 Å². The summed E-state index contributed by atoms with van der Waals surface area (Å²) in [6.07, 6.45) is 0.850. The zero-order chi connectivity index (χ0) is 12.5. The van der Waals surface area contributed by atoms with Crippen LogP contribution in [0, 0.1) is 6.92 Å². The van der Waals surface area contributed by atoms with E-state index in [9.17, 15) is 0 Å². The van der Waals surface area contributed by atoms with Crippen molar-refractivity contribution in [3.63, 3.8) is 0 Å². The van der Waals surface area contributed by atoms with Crippen LogP contribution in [-0.2, 0) is 6.42 Å². The van der Waals surface area contributed by atoms with Crippen molar-refractivity contribution in [1.82, 2.24) is 4.98 Å². The molecule has 0 bridgehead atoms. The third-order valence-electron chi connectivity index (χ3n) is 3.19. The normalized spacial score (nSPS) is 13.9. The lowest BCUT2D eigenvalue weighted by Crippen LogP contribution is -2.15. The van der Waals surface area contributed by atoms with E-state index >= 15 is 0 Å². The number of hydrogen-bond donors (Lipinski definition) is 1.